The monoisotopic (exact) mass is 412 g/mol. The molecule has 0 aliphatic rings. The third-order valence-corrected chi connectivity index (χ3v) is 4.75. The molecule has 0 aromatic heterocycles. The van der Waals surface area contributed by atoms with Crippen molar-refractivity contribution in [2.75, 3.05) is 0 Å². The molecule has 0 aliphatic heterocycles. The van der Waals surface area contributed by atoms with Gasteiger partial charge in [-0.15, -0.1) is 0 Å². The van der Waals surface area contributed by atoms with Crippen molar-refractivity contribution in [1.82, 2.24) is 0 Å². The summed E-state index contributed by atoms with van der Waals surface area (Å²) in [7, 11) is -9.52. The van der Waals surface area contributed by atoms with Crippen LogP contribution in [0.25, 0.3) is 0 Å². The average Bonchev–Trinajstić information content (AvgIpc) is 2.56. The summed E-state index contributed by atoms with van der Waals surface area (Å²) >= 11 is 0. The van der Waals surface area contributed by atoms with E-state index in [4.69, 9.17) is 4.74 Å². The van der Waals surface area contributed by atoms with Gasteiger partial charge in [-0.05, 0) is 24.3 Å². The first kappa shape index (κ1) is 20.1. The van der Waals surface area contributed by atoms with Crippen molar-refractivity contribution in [3.05, 3.63) is 36.4 Å². The normalized spacial score (nSPS) is 11.2. The molecule has 0 heterocycles. The largest absolute Gasteiger partial charge is 0.457 e. The van der Waals surface area contributed by atoms with E-state index in [9.17, 15) is 35.5 Å². The first-order chi connectivity index (χ1) is 12.6. The second-order valence-electron chi connectivity index (χ2n) is 4.72. The third-order valence-electron chi connectivity index (χ3n) is 2.99. The Morgan fingerprint density at radius 1 is 0.741 bits per heavy atom. The van der Waals surface area contributed by atoms with E-state index >= 15 is 0 Å². The minimum atomic E-state index is -4.76. The van der Waals surface area contributed by atoms with Crippen LogP contribution in [0.3, 0.4) is 0 Å². The second kappa shape index (κ2) is 7.60. The summed E-state index contributed by atoms with van der Waals surface area (Å²) < 4.78 is 69.2. The number of hydrogen-bond acceptors (Lipinski definition) is 9. The van der Waals surface area contributed by atoms with E-state index in [0.29, 0.717) is 0 Å². The summed E-state index contributed by atoms with van der Waals surface area (Å²) in [5.74, 6) is -0.360. The molecule has 0 radical (unpaired) electrons. The number of ether oxygens (including phenoxy) is 1. The summed E-state index contributed by atoms with van der Waals surface area (Å²) in [6.45, 7) is 0. The highest BCUT2D eigenvalue weighted by atomic mass is 32.2. The van der Waals surface area contributed by atoms with Crippen LogP contribution in [0.4, 0.5) is 11.4 Å². The van der Waals surface area contributed by atoms with Crippen LogP contribution in [0.15, 0.2) is 56.2 Å². The number of hydrogen-bond donors (Lipinski definition) is 2. The van der Waals surface area contributed by atoms with E-state index in [1.165, 1.54) is 12.1 Å². The van der Waals surface area contributed by atoms with Crippen molar-refractivity contribution < 1.29 is 40.3 Å². The fourth-order valence-corrected chi connectivity index (χ4v) is 3.23. The highest BCUT2D eigenvalue weighted by Crippen LogP contribution is 2.33. The molecule has 140 valence electrons. The van der Waals surface area contributed by atoms with E-state index < -0.39 is 41.4 Å². The van der Waals surface area contributed by atoms with Gasteiger partial charge in [-0.3, -0.25) is 9.11 Å². The standard InChI is InChI=1S/C14H8N2O9S2/c17-7-15-11-3-1-9(5-13(11)26(19,20)21)25-10-2-4-12(16-8-18)14(6-10)27(22,23)24/h1-6H,(H,19,20,21)(H,22,23,24). The number of isocyanates is 2. The quantitative estimate of drug-likeness (QED) is 0.407. The lowest BCUT2D eigenvalue weighted by molar-refractivity contribution is 0.468. The Balaban J connectivity index is 2.55. The van der Waals surface area contributed by atoms with E-state index in [0.717, 1.165) is 36.4 Å². The van der Waals surface area contributed by atoms with Crippen LogP contribution in [-0.4, -0.2) is 38.1 Å². The highest BCUT2D eigenvalue weighted by molar-refractivity contribution is 7.86. The molecule has 2 N–H and O–H groups in total. The van der Waals surface area contributed by atoms with Crippen molar-refractivity contribution in [2.24, 2.45) is 9.98 Å². The van der Waals surface area contributed by atoms with Gasteiger partial charge < -0.3 is 4.74 Å². The van der Waals surface area contributed by atoms with Gasteiger partial charge in [0.05, 0.1) is 11.4 Å². The van der Waals surface area contributed by atoms with Gasteiger partial charge in [0.2, 0.25) is 12.2 Å². The van der Waals surface area contributed by atoms with Gasteiger partial charge in [0.25, 0.3) is 20.2 Å². The number of aliphatic imine (C=N–C) groups is 2. The van der Waals surface area contributed by atoms with Gasteiger partial charge in [0.1, 0.15) is 21.3 Å². The van der Waals surface area contributed by atoms with Crippen molar-refractivity contribution in [3.8, 4) is 11.5 Å². The van der Waals surface area contributed by atoms with Crippen molar-refractivity contribution in [2.45, 2.75) is 9.79 Å². The zero-order valence-electron chi connectivity index (χ0n) is 12.9. The molecule has 2 rings (SSSR count). The summed E-state index contributed by atoms with van der Waals surface area (Å²) in [5, 5.41) is 0. The molecule has 0 aliphatic carbocycles. The van der Waals surface area contributed by atoms with Crippen LogP contribution in [0.2, 0.25) is 0 Å². The molecule has 0 unspecified atom stereocenters. The molecule has 0 saturated carbocycles. The van der Waals surface area contributed by atoms with Gasteiger partial charge in [0, 0.05) is 12.1 Å². The lowest BCUT2D eigenvalue weighted by Gasteiger charge is -2.10. The van der Waals surface area contributed by atoms with Crippen LogP contribution >= 0.6 is 0 Å². The van der Waals surface area contributed by atoms with Crippen LogP contribution in [0.5, 0.6) is 11.5 Å². The van der Waals surface area contributed by atoms with Crippen molar-refractivity contribution in [1.29, 1.82) is 0 Å². The summed E-state index contributed by atoms with van der Waals surface area (Å²) in [6, 6.07) is 6.09. The predicted octanol–water partition coefficient (Wildman–Crippen LogP) is 1.91. The third kappa shape index (κ3) is 4.92. The molecule has 0 saturated heterocycles. The first-order valence-electron chi connectivity index (χ1n) is 6.63. The minimum Gasteiger partial charge on any atom is -0.457 e. The van der Waals surface area contributed by atoms with E-state index in [2.05, 4.69) is 9.98 Å². The number of nitrogens with zero attached hydrogens (tertiary/aromatic N) is 2. The van der Waals surface area contributed by atoms with E-state index in [-0.39, 0.29) is 11.5 Å². The maximum Gasteiger partial charge on any atom is 0.296 e. The molecule has 0 spiro atoms. The molecule has 2 aromatic rings. The molecule has 0 bridgehead atoms. The zero-order chi connectivity index (χ0) is 20.2. The molecule has 2 aromatic carbocycles. The Kier molecular flexibility index (Phi) is 5.66. The molecular weight excluding hydrogens is 404 g/mol. The first-order valence-corrected chi connectivity index (χ1v) is 9.51. The maximum atomic E-state index is 11.4. The Morgan fingerprint density at radius 2 is 1.11 bits per heavy atom. The Morgan fingerprint density at radius 3 is 1.41 bits per heavy atom. The SMILES string of the molecule is O=C=Nc1ccc(Oc2ccc(N=C=O)c(S(=O)(=O)O)c2)cc1S(=O)(=O)O. The fraction of sp³-hybridized carbons (Fsp3) is 0. The van der Waals surface area contributed by atoms with E-state index in [1.54, 1.807) is 0 Å². The number of benzene rings is 2. The maximum absolute atomic E-state index is 11.4. The molecule has 11 nitrogen and oxygen atoms in total. The van der Waals surface area contributed by atoms with Gasteiger partial charge in [-0.1, -0.05) is 0 Å². The summed E-state index contributed by atoms with van der Waals surface area (Å²) in [4.78, 5) is 25.4. The van der Waals surface area contributed by atoms with Crippen molar-refractivity contribution in [3.63, 3.8) is 0 Å². The predicted molar refractivity (Wildman–Crippen MR) is 88.2 cm³/mol. The highest BCUT2D eigenvalue weighted by Gasteiger charge is 2.19. The molecule has 0 amide bonds. The van der Waals surface area contributed by atoms with Gasteiger partial charge in [-0.2, -0.15) is 26.8 Å². The van der Waals surface area contributed by atoms with Gasteiger partial charge in [0.15, 0.2) is 0 Å². The topological polar surface area (TPSA) is 177 Å². The van der Waals surface area contributed by atoms with Crippen LogP contribution in [0.1, 0.15) is 0 Å². The van der Waals surface area contributed by atoms with Crippen LogP contribution < -0.4 is 4.74 Å². The van der Waals surface area contributed by atoms with Gasteiger partial charge >= 0.3 is 0 Å². The summed E-state index contributed by atoms with van der Waals surface area (Å²) in [6.07, 6.45) is 2.26. The van der Waals surface area contributed by atoms with Crippen LogP contribution in [-0.2, 0) is 29.8 Å². The lowest BCUT2D eigenvalue weighted by Crippen LogP contribution is -2.00. The summed E-state index contributed by atoms with van der Waals surface area (Å²) in [5.41, 5.74) is -0.789. The van der Waals surface area contributed by atoms with Crippen LogP contribution in [0, 0.1) is 0 Å². The van der Waals surface area contributed by atoms with E-state index in [1.807, 2.05) is 0 Å². The lowest BCUT2D eigenvalue weighted by atomic mass is 10.3. The van der Waals surface area contributed by atoms with Gasteiger partial charge in [-0.25, -0.2) is 9.59 Å². The number of rotatable bonds is 6. The fourth-order valence-electron chi connectivity index (χ4n) is 1.95. The Labute approximate surface area is 152 Å². The Hall–Kier alpha value is -3.18. The average molecular weight is 412 g/mol. The van der Waals surface area contributed by atoms with Crippen molar-refractivity contribution >= 4 is 43.8 Å². The minimum absolute atomic E-state index is 0.180. The second-order valence-corrected chi connectivity index (χ2v) is 7.50. The smallest absolute Gasteiger partial charge is 0.296 e. The molecule has 13 heteroatoms. The zero-order valence-corrected chi connectivity index (χ0v) is 14.6. The Bertz CT molecular complexity index is 1110. The number of carbonyl (C=O) groups excluding carboxylic acids is 2. The molecular formula is C14H8N2O9S2. The molecule has 0 fully saturated rings. The molecule has 27 heavy (non-hydrogen) atoms. The molecule has 0 atom stereocenters.